The van der Waals surface area contributed by atoms with Crippen LogP contribution < -0.4 is 5.43 Å². The summed E-state index contributed by atoms with van der Waals surface area (Å²) in [6.07, 6.45) is 1.43. The van der Waals surface area contributed by atoms with Gasteiger partial charge in [0, 0.05) is 34.2 Å². The number of nitrogens with zero attached hydrogens (tertiary/aromatic N) is 2. The average molecular weight is 551 g/mol. The summed E-state index contributed by atoms with van der Waals surface area (Å²) in [6.45, 7) is -0.226. The smallest absolute Gasteiger partial charge is 0.336 e. The van der Waals surface area contributed by atoms with Gasteiger partial charge < -0.3 is 19.7 Å². The Kier molecular flexibility index (Phi) is 6.26. The molecular weight excluding hydrogens is 532 g/mol. The first-order chi connectivity index (χ1) is 19.4. The van der Waals surface area contributed by atoms with Crippen LogP contribution in [0.25, 0.3) is 44.3 Å². The third-order valence-electron chi connectivity index (χ3n) is 6.64. The summed E-state index contributed by atoms with van der Waals surface area (Å²) < 4.78 is 6.16. The first-order valence-electron chi connectivity index (χ1n) is 12.1. The highest BCUT2D eigenvalue weighted by molar-refractivity contribution is 6.31. The van der Waals surface area contributed by atoms with Crippen molar-refractivity contribution >= 4 is 51.3 Å². The van der Waals surface area contributed by atoms with Crippen molar-refractivity contribution in [1.82, 2.24) is 4.98 Å². The number of aromatic nitrogens is 1. The van der Waals surface area contributed by atoms with Crippen LogP contribution in [-0.4, -0.2) is 32.5 Å². The summed E-state index contributed by atoms with van der Waals surface area (Å²) >= 11 is 6.19. The summed E-state index contributed by atoms with van der Waals surface area (Å²) in [4.78, 5) is 33.6. The van der Waals surface area contributed by atoms with Crippen molar-refractivity contribution in [2.75, 3.05) is 0 Å². The predicted molar refractivity (Wildman–Crippen MR) is 153 cm³/mol. The number of carbonyl (C=O) groups is 1. The molecule has 196 valence electrons. The van der Waals surface area contributed by atoms with E-state index in [2.05, 4.69) is 9.98 Å². The Bertz CT molecular complexity index is 2030. The lowest BCUT2D eigenvalue weighted by molar-refractivity contribution is 0.0697. The van der Waals surface area contributed by atoms with Crippen LogP contribution in [0.15, 0.2) is 93.1 Å². The minimum Gasteiger partial charge on any atom is -0.507 e. The Morgan fingerprint density at radius 2 is 1.82 bits per heavy atom. The molecule has 0 atom stereocenters. The molecule has 3 N–H and O–H groups in total. The SMILES string of the molecule is O=C(O)c1ccccc1-c1c2cc(Cl)c(=O)cc-2oc2c(C=Nc3cccc4ccc(CO)nc34)c(O)ccc12. The van der Waals surface area contributed by atoms with E-state index in [0.717, 1.165) is 5.39 Å². The van der Waals surface area contributed by atoms with Crippen molar-refractivity contribution in [3.05, 3.63) is 111 Å². The molecule has 3 aromatic carbocycles. The molecule has 0 unspecified atom stereocenters. The number of hydrogen-bond donors (Lipinski definition) is 3. The highest BCUT2D eigenvalue weighted by Gasteiger charge is 2.24. The highest BCUT2D eigenvalue weighted by Crippen LogP contribution is 2.44. The molecule has 4 aromatic rings. The quantitative estimate of drug-likeness (QED) is 0.167. The van der Waals surface area contributed by atoms with Crippen LogP contribution in [-0.2, 0) is 6.61 Å². The molecule has 0 amide bonds. The number of aromatic hydroxyl groups is 1. The lowest BCUT2D eigenvalue weighted by Crippen LogP contribution is -2.05. The van der Waals surface area contributed by atoms with Crippen molar-refractivity contribution < 1.29 is 24.5 Å². The minimum absolute atomic E-state index is 0.0395. The predicted octanol–water partition coefficient (Wildman–Crippen LogP) is 6.41. The zero-order chi connectivity index (χ0) is 28.0. The van der Waals surface area contributed by atoms with Gasteiger partial charge in [0.2, 0.25) is 5.43 Å². The van der Waals surface area contributed by atoms with E-state index in [1.807, 2.05) is 18.2 Å². The average Bonchev–Trinajstić information content (AvgIpc) is 2.96. The molecule has 0 saturated heterocycles. The van der Waals surface area contributed by atoms with Gasteiger partial charge in [-0.3, -0.25) is 9.79 Å². The van der Waals surface area contributed by atoms with E-state index in [-0.39, 0.29) is 39.8 Å². The number of carboxylic acids is 1. The number of aliphatic hydroxyl groups is 1. The molecule has 9 heteroatoms. The standard InChI is InChI=1S/C31H19ClN2O6/c32-23-12-21-27(13-26(23)37)40-30-20(28(21)18-5-1-2-6-19(18)31(38)39)10-11-25(36)22(30)14-33-24-7-3-4-16-8-9-17(15-35)34-29(16)24/h1-14,35-36H,15H2,(H,38,39). The van der Waals surface area contributed by atoms with Gasteiger partial charge >= 0.3 is 5.97 Å². The van der Waals surface area contributed by atoms with Gasteiger partial charge in [-0.2, -0.15) is 0 Å². The number of pyridine rings is 1. The zero-order valence-electron chi connectivity index (χ0n) is 20.6. The lowest BCUT2D eigenvalue weighted by Gasteiger charge is -2.18. The van der Waals surface area contributed by atoms with Crippen molar-refractivity contribution in [3.8, 4) is 28.2 Å². The molecule has 1 aromatic heterocycles. The van der Waals surface area contributed by atoms with E-state index in [0.29, 0.717) is 39.0 Å². The summed E-state index contributed by atoms with van der Waals surface area (Å²) in [5.41, 5.74) is 2.83. The number of rotatable bonds is 5. The van der Waals surface area contributed by atoms with Gasteiger partial charge in [-0.15, -0.1) is 0 Å². The summed E-state index contributed by atoms with van der Waals surface area (Å²) in [7, 11) is 0. The number of aromatic carboxylic acids is 1. The molecule has 6 rings (SSSR count). The van der Waals surface area contributed by atoms with E-state index < -0.39 is 11.4 Å². The largest absolute Gasteiger partial charge is 0.507 e. The molecule has 8 nitrogen and oxygen atoms in total. The molecule has 40 heavy (non-hydrogen) atoms. The molecular formula is C31H19ClN2O6. The van der Waals surface area contributed by atoms with Crippen LogP contribution >= 0.6 is 11.6 Å². The molecule has 0 spiro atoms. The van der Waals surface area contributed by atoms with Crippen molar-refractivity contribution in [2.45, 2.75) is 6.61 Å². The molecule has 0 bridgehead atoms. The fourth-order valence-corrected chi connectivity index (χ4v) is 4.93. The summed E-state index contributed by atoms with van der Waals surface area (Å²) in [5.74, 6) is -1.11. The highest BCUT2D eigenvalue weighted by atomic mass is 35.5. The Morgan fingerprint density at radius 1 is 1.00 bits per heavy atom. The lowest BCUT2D eigenvalue weighted by atomic mass is 9.90. The molecule has 2 aliphatic rings. The molecule has 1 aliphatic carbocycles. The fourth-order valence-electron chi connectivity index (χ4n) is 4.77. The maximum Gasteiger partial charge on any atom is 0.336 e. The van der Waals surface area contributed by atoms with Crippen molar-refractivity contribution in [3.63, 3.8) is 0 Å². The van der Waals surface area contributed by atoms with Crippen LogP contribution in [0.3, 0.4) is 0 Å². The Labute approximate surface area is 231 Å². The molecule has 0 saturated carbocycles. The third kappa shape index (κ3) is 4.25. The first kappa shape index (κ1) is 25.2. The maximum absolute atomic E-state index is 12.4. The van der Waals surface area contributed by atoms with Gasteiger partial charge in [-0.25, -0.2) is 9.78 Å². The number of fused-ring (bicyclic) bond motifs is 3. The van der Waals surface area contributed by atoms with Crippen LogP contribution in [0.1, 0.15) is 21.6 Å². The molecule has 0 fully saturated rings. The van der Waals surface area contributed by atoms with Crippen molar-refractivity contribution in [1.29, 1.82) is 0 Å². The van der Waals surface area contributed by atoms with Crippen LogP contribution in [0.5, 0.6) is 5.75 Å². The fraction of sp³-hybridized carbons (Fsp3) is 0.0323. The van der Waals surface area contributed by atoms with Gasteiger partial charge in [0.25, 0.3) is 0 Å². The van der Waals surface area contributed by atoms with Gasteiger partial charge in [-0.1, -0.05) is 48.0 Å². The number of hydrogen-bond acceptors (Lipinski definition) is 7. The second kappa shape index (κ2) is 9.92. The number of aliphatic imine (C=N–C) groups is 1. The second-order valence-electron chi connectivity index (χ2n) is 9.05. The monoisotopic (exact) mass is 550 g/mol. The normalized spacial score (nSPS) is 11.7. The molecule has 1 aliphatic heterocycles. The first-order valence-corrected chi connectivity index (χ1v) is 12.5. The number of aliphatic hydroxyl groups excluding tert-OH is 1. The topological polar surface area (TPSA) is 133 Å². The van der Waals surface area contributed by atoms with E-state index in [1.165, 1.54) is 30.5 Å². The van der Waals surface area contributed by atoms with Crippen LogP contribution in [0, 0.1) is 0 Å². The van der Waals surface area contributed by atoms with Gasteiger partial charge in [0.1, 0.15) is 17.1 Å². The number of phenols is 1. The van der Waals surface area contributed by atoms with Gasteiger partial charge in [-0.05, 0) is 42.0 Å². The number of carboxylic acid groups (broad SMARTS) is 1. The molecule has 2 heterocycles. The van der Waals surface area contributed by atoms with Crippen LogP contribution in [0.4, 0.5) is 5.69 Å². The Balaban J connectivity index is 1.66. The number of para-hydroxylation sites is 1. The maximum atomic E-state index is 12.4. The van der Waals surface area contributed by atoms with Gasteiger partial charge in [0.05, 0.1) is 39.7 Å². The number of benzene rings is 4. The molecule has 0 radical (unpaired) electrons. The van der Waals surface area contributed by atoms with E-state index in [9.17, 15) is 24.9 Å². The van der Waals surface area contributed by atoms with E-state index >= 15 is 0 Å². The Morgan fingerprint density at radius 3 is 2.62 bits per heavy atom. The van der Waals surface area contributed by atoms with Crippen LogP contribution in [0.2, 0.25) is 5.02 Å². The number of phenolic OH excluding ortho intramolecular Hbond substituents is 1. The van der Waals surface area contributed by atoms with E-state index in [1.54, 1.807) is 36.4 Å². The number of halogens is 1. The zero-order valence-corrected chi connectivity index (χ0v) is 21.4. The van der Waals surface area contributed by atoms with E-state index in [4.69, 9.17) is 16.0 Å². The summed E-state index contributed by atoms with van der Waals surface area (Å²) in [6, 6.07) is 21.3. The van der Waals surface area contributed by atoms with Crippen molar-refractivity contribution in [2.24, 2.45) is 4.99 Å². The van der Waals surface area contributed by atoms with Gasteiger partial charge in [0.15, 0.2) is 0 Å². The third-order valence-corrected chi connectivity index (χ3v) is 6.93. The summed E-state index contributed by atoms with van der Waals surface area (Å²) in [5, 5.41) is 31.6. The minimum atomic E-state index is -1.13. The Hall–Kier alpha value is -5.05. The second-order valence-corrected chi connectivity index (χ2v) is 9.46.